The molecule has 0 aromatic heterocycles. The normalized spacial score (nSPS) is 36.5. The number of nitrogens with zero attached hydrogens (tertiary/aromatic N) is 1. The summed E-state index contributed by atoms with van der Waals surface area (Å²) in [6.45, 7) is 12.2. The maximum absolute atomic E-state index is 12.5. The molecule has 0 radical (unpaired) electrons. The third-order valence-corrected chi connectivity index (χ3v) is 5.67. The van der Waals surface area contributed by atoms with Gasteiger partial charge in [-0.1, -0.05) is 25.5 Å². The van der Waals surface area contributed by atoms with Gasteiger partial charge >= 0.3 is 0 Å². The molecule has 3 fully saturated rings. The van der Waals surface area contributed by atoms with Gasteiger partial charge in [-0.2, -0.15) is 0 Å². The van der Waals surface area contributed by atoms with E-state index in [1.807, 2.05) is 0 Å². The van der Waals surface area contributed by atoms with Gasteiger partial charge < -0.3 is 10.1 Å². The Hall–Kier alpha value is -0.870. The number of ether oxygens (including phenoxy) is 1. The smallest absolute Gasteiger partial charge is 0.224 e. The van der Waals surface area contributed by atoms with Crippen molar-refractivity contribution in [1.29, 1.82) is 0 Å². The van der Waals surface area contributed by atoms with Crippen LogP contribution < -0.4 is 5.32 Å². The van der Waals surface area contributed by atoms with E-state index in [4.69, 9.17) is 4.74 Å². The van der Waals surface area contributed by atoms with Crippen LogP contribution in [0.15, 0.2) is 11.6 Å². The highest BCUT2D eigenvalue weighted by Gasteiger charge is 2.60. The van der Waals surface area contributed by atoms with Crippen molar-refractivity contribution < 1.29 is 9.53 Å². The molecule has 124 valence electrons. The van der Waals surface area contributed by atoms with Gasteiger partial charge in [-0.15, -0.1) is 0 Å². The van der Waals surface area contributed by atoms with Gasteiger partial charge in [-0.25, -0.2) is 0 Å². The molecule has 0 unspecified atom stereocenters. The maximum Gasteiger partial charge on any atom is 0.224 e. The van der Waals surface area contributed by atoms with E-state index in [9.17, 15) is 4.79 Å². The summed E-state index contributed by atoms with van der Waals surface area (Å²) < 4.78 is 5.92. The van der Waals surface area contributed by atoms with Crippen LogP contribution in [0.2, 0.25) is 0 Å². The molecule has 0 bridgehead atoms. The number of carbonyl (C=O) groups excluding carboxylic acids is 1. The average molecular weight is 306 g/mol. The summed E-state index contributed by atoms with van der Waals surface area (Å²) in [4.78, 5) is 15.0. The standard InChI is InChI=1S/C18H30N2O2/c1-12(2)8-15-16(18(15,3)4)17(21)19-9-14-10-20-7-5-6-13(20)11-22-14/h8,13-16H,5-7,9-11H2,1-4H3,(H,19,21)/t13-,14+,15-,16-/m1/s1. The van der Waals surface area contributed by atoms with E-state index in [0.717, 1.165) is 13.2 Å². The van der Waals surface area contributed by atoms with Gasteiger partial charge in [0.05, 0.1) is 18.6 Å². The van der Waals surface area contributed by atoms with Crippen LogP contribution >= 0.6 is 0 Å². The van der Waals surface area contributed by atoms with Crippen LogP contribution in [0.4, 0.5) is 0 Å². The van der Waals surface area contributed by atoms with Gasteiger partial charge in [-0.3, -0.25) is 9.69 Å². The SMILES string of the molecule is CC(C)=C[C@@H]1[C@H](C(=O)NC[C@H]2CN3CCC[C@@H]3CO2)C1(C)C. The summed E-state index contributed by atoms with van der Waals surface area (Å²) >= 11 is 0. The van der Waals surface area contributed by atoms with Crippen molar-refractivity contribution in [2.75, 3.05) is 26.2 Å². The summed E-state index contributed by atoms with van der Waals surface area (Å²) in [5.74, 6) is 0.693. The first-order valence-corrected chi connectivity index (χ1v) is 8.68. The minimum Gasteiger partial charge on any atom is -0.373 e. The molecule has 0 aromatic carbocycles. The number of hydrogen-bond acceptors (Lipinski definition) is 3. The second-order valence-electron chi connectivity index (χ2n) is 8.06. The van der Waals surface area contributed by atoms with E-state index in [-0.39, 0.29) is 23.3 Å². The summed E-state index contributed by atoms with van der Waals surface area (Å²) in [7, 11) is 0. The molecule has 4 nitrogen and oxygen atoms in total. The third kappa shape index (κ3) is 3.09. The molecule has 4 heteroatoms. The number of rotatable bonds is 4. The number of hydrogen-bond donors (Lipinski definition) is 1. The first-order chi connectivity index (χ1) is 10.4. The molecule has 0 spiro atoms. The lowest BCUT2D eigenvalue weighted by atomic mass is 10.1. The van der Waals surface area contributed by atoms with Crippen LogP contribution in [-0.2, 0) is 9.53 Å². The molecule has 4 atom stereocenters. The van der Waals surface area contributed by atoms with Crippen molar-refractivity contribution in [3.05, 3.63) is 11.6 Å². The Labute approximate surface area is 134 Å². The van der Waals surface area contributed by atoms with Gasteiger partial charge in [0, 0.05) is 19.1 Å². The second kappa shape index (κ2) is 5.97. The Bertz CT molecular complexity index is 468. The molecular weight excluding hydrogens is 276 g/mol. The summed E-state index contributed by atoms with van der Waals surface area (Å²) in [6.07, 6.45) is 4.95. The Morgan fingerprint density at radius 2 is 2.18 bits per heavy atom. The fourth-order valence-electron chi connectivity index (χ4n) is 4.18. The quantitative estimate of drug-likeness (QED) is 0.810. The lowest BCUT2D eigenvalue weighted by Gasteiger charge is -2.35. The van der Waals surface area contributed by atoms with E-state index in [1.165, 1.54) is 25.0 Å². The first kappa shape index (κ1) is 16.0. The van der Waals surface area contributed by atoms with Gasteiger partial charge in [0.25, 0.3) is 0 Å². The van der Waals surface area contributed by atoms with Crippen molar-refractivity contribution in [3.63, 3.8) is 0 Å². The van der Waals surface area contributed by atoms with Gasteiger partial charge in [0.2, 0.25) is 5.91 Å². The predicted molar refractivity (Wildman–Crippen MR) is 87.5 cm³/mol. The molecule has 2 aliphatic heterocycles. The van der Waals surface area contributed by atoms with Crippen molar-refractivity contribution in [2.24, 2.45) is 17.3 Å². The lowest BCUT2D eigenvalue weighted by Crippen LogP contribution is -2.50. The van der Waals surface area contributed by atoms with Crippen LogP contribution in [0.3, 0.4) is 0 Å². The third-order valence-electron chi connectivity index (χ3n) is 5.67. The first-order valence-electron chi connectivity index (χ1n) is 8.68. The van der Waals surface area contributed by atoms with E-state index < -0.39 is 0 Å². The predicted octanol–water partition coefficient (Wildman–Crippen LogP) is 2.20. The lowest BCUT2D eigenvalue weighted by molar-refractivity contribution is -0.124. The Balaban J connectivity index is 1.48. The van der Waals surface area contributed by atoms with E-state index in [1.54, 1.807) is 0 Å². The molecular formula is C18H30N2O2. The Morgan fingerprint density at radius 1 is 1.41 bits per heavy atom. The molecule has 2 heterocycles. The van der Waals surface area contributed by atoms with Crippen LogP contribution in [0.25, 0.3) is 0 Å². The van der Waals surface area contributed by atoms with Crippen LogP contribution in [0.1, 0.15) is 40.5 Å². The molecule has 3 rings (SSSR count). The zero-order chi connectivity index (χ0) is 15.9. The fourth-order valence-corrected chi connectivity index (χ4v) is 4.18. The van der Waals surface area contributed by atoms with Crippen molar-refractivity contribution in [2.45, 2.75) is 52.7 Å². The van der Waals surface area contributed by atoms with Gasteiger partial charge in [-0.05, 0) is 44.6 Å². The maximum atomic E-state index is 12.5. The molecule has 2 saturated heterocycles. The fraction of sp³-hybridized carbons (Fsp3) is 0.833. The highest BCUT2D eigenvalue weighted by atomic mass is 16.5. The Kier molecular flexibility index (Phi) is 4.34. The highest BCUT2D eigenvalue weighted by Crippen LogP contribution is 2.59. The van der Waals surface area contributed by atoms with Crippen LogP contribution in [0.5, 0.6) is 0 Å². The number of allylic oxidation sites excluding steroid dienone is 2. The number of nitrogens with one attached hydrogen (secondary N) is 1. The zero-order valence-electron chi connectivity index (χ0n) is 14.4. The van der Waals surface area contributed by atoms with E-state index in [2.05, 4.69) is 44.0 Å². The summed E-state index contributed by atoms with van der Waals surface area (Å²) in [5.41, 5.74) is 1.39. The van der Waals surface area contributed by atoms with Crippen molar-refractivity contribution in [3.8, 4) is 0 Å². The number of amides is 1. The van der Waals surface area contributed by atoms with Crippen molar-refractivity contribution in [1.82, 2.24) is 10.2 Å². The van der Waals surface area contributed by atoms with E-state index >= 15 is 0 Å². The average Bonchev–Trinajstić information content (AvgIpc) is 2.83. The highest BCUT2D eigenvalue weighted by molar-refractivity contribution is 5.83. The monoisotopic (exact) mass is 306 g/mol. The van der Waals surface area contributed by atoms with Gasteiger partial charge in [0.15, 0.2) is 0 Å². The minimum absolute atomic E-state index is 0.0921. The number of carbonyl (C=O) groups is 1. The summed E-state index contributed by atoms with van der Waals surface area (Å²) in [5, 5.41) is 3.13. The topological polar surface area (TPSA) is 41.6 Å². The molecule has 1 N–H and O–H groups in total. The Morgan fingerprint density at radius 3 is 2.91 bits per heavy atom. The second-order valence-corrected chi connectivity index (χ2v) is 8.06. The molecule has 1 amide bonds. The largest absolute Gasteiger partial charge is 0.373 e. The van der Waals surface area contributed by atoms with Crippen LogP contribution in [0, 0.1) is 17.3 Å². The van der Waals surface area contributed by atoms with Crippen molar-refractivity contribution >= 4 is 5.91 Å². The number of morpholine rings is 1. The molecule has 3 aliphatic rings. The molecule has 0 aromatic rings. The zero-order valence-corrected chi connectivity index (χ0v) is 14.4. The van der Waals surface area contributed by atoms with Gasteiger partial charge in [0.1, 0.15) is 0 Å². The molecule has 1 aliphatic carbocycles. The molecule has 22 heavy (non-hydrogen) atoms. The minimum atomic E-state index is 0.0921. The molecule has 1 saturated carbocycles. The summed E-state index contributed by atoms with van der Waals surface area (Å²) in [6, 6.07) is 0.622. The van der Waals surface area contributed by atoms with Crippen LogP contribution in [-0.4, -0.2) is 49.2 Å². The van der Waals surface area contributed by atoms with E-state index in [0.29, 0.717) is 18.5 Å². The number of fused-ring (bicyclic) bond motifs is 1.